The number of nitrogens with one attached hydrogen (secondary N) is 3. The van der Waals surface area contributed by atoms with Crippen molar-refractivity contribution in [3.8, 4) is 0 Å². The average molecular weight is 1710 g/mol. The van der Waals surface area contributed by atoms with Gasteiger partial charge in [0, 0.05) is 60.9 Å². The van der Waals surface area contributed by atoms with Gasteiger partial charge in [0.2, 0.25) is 0 Å². The van der Waals surface area contributed by atoms with Gasteiger partial charge in [-0.3, -0.25) is 118 Å². The van der Waals surface area contributed by atoms with Crippen molar-refractivity contribution in [2.45, 2.75) is 66.7 Å². The lowest BCUT2D eigenvalue weighted by atomic mass is 9.89. The number of carbonyl (C=O) groups excluding carboxylic acids is 18. The van der Waals surface area contributed by atoms with Gasteiger partial charge < -0.3 is 4.42 Å². The van der Waals surface area contributed by atoms with Crippen LogP contribution in [0.1, 0.15) is 94.7 Å². The van der Waals surface area contributed by atoms with E-state index in [-0.39, 0.29) is 77.8 Å². The van der Waals surface area contributed by atoms with Gasteiger partial charge >= 0.3 is 36.2 Å². The minimum absolute atomic E-state index is 0.00970. The molecule has 34 heteroatoms. The number of hydrogen-bond donors (Lipinski definition) is 3. The summed E-state index contributed by atoms with van der Waals surface area (Å²) in [6.45, 7) is 16.5. The topological polar surface area (TPSA) is 390 Å². The Bertz CT molecular complexity index is 5360. The molecule has 0 atom stereocenters. The van der Waals surface area contributed by atoms with Gasteiger partial charge in [-0.1, -0.05) is 159 Å². The van der Waals surface area contributed by atoms with Crippen molar-refractivity contribution in [3.63, 3.8) is 0 Å². The zero-order valence-electron chi connectivity index (χ0n) is 69.6. The minimum atomic E-state index is -0.838. The fourth-order valence-electron chi connectivity index (χ4n) is 12.1. The van der Waals surface area contributed by atoms with Gasteiger partial charge in [-0.2, -0.15) is 0 Å². The molecule has 7 fully saturated rings. The number of barbiturate groups is 6. The van der Waals surface area contributed by atoms with Crippen LogP contribution in [-0.4, -0.2) is 212 Å². The molecule has 125 heavy (non-hydrogen) atoms. The fraction of sp³-hybridized carbons (Fsp3) is 0.220. The van der Waals surface area contributed by atoms with E-state index in [0.717, 1.165) is 60.8 Å². The lowest BCUT2D eigenvalue weighted by Gasteiger charge is -2.32. The van der Waals surface area contributed by atoms with E-state index < -0.39 is 107 Å². The maximum absolute atomic E-state index is 12.7. The van der Waals surface area contributed by atoms with Crippen LogP contribution in [0.25, 0.3) is 35.2 Å². The minimum Gasteiger partial charge on any atom is -0.465 e. The van der Waals surface area contributed by atoms with Crippen LogP contribution in [0.5, 0.6) is 0 Å². The maximum atomic E-state index is 12.7. The normalized spacial score (nSPS) is 17.1. The molecule has 1 aromatic heterocycles. The summed E-state index contributed by atoms with van der Waals surface area (Å²) in [5.74, 6) is -6.96. The van der Waals surface area contributed by atoms with Gasteiger partial charge in [0.05, 0.1) is 12.8 Å². The van der Waals surface area contributed by atoms with Crippen molar-refractivity contribution in [3.05, 3.63) is 285 Å². The predicted octanol–water partition coefficient (Wildman–Crippen LogP) is 11.8. The van der Waals surface area contributed by atoms with Crippen LogP contribution >= 0.6 is 0 Å². The molecule has 6 aliphatic heterocycles. The van der Waals surface area contributed by atoms with Gasteiger partial charge in [0.15, 0.2) is 5.69 Å². The second-order valence-corrected chi connectivity index (χ2v) is 27.1. The average Bonchev–Trinajstić information content (AvgIpc) is 0.865. The Morgan fingerprint density at radius 1 is 0.368 bits per heavy atom. The van der Waals surface area contributed by atoms with Gasteiger partial charge in [0.25, 0.3) is 70.9 Å². The zero-order valence-corrected chi connectivity index (χ0v) is 69.6. The smallest absolute Gasteiger partial charge is 0.333 e. The van der Waals surface area contributed by atoms with E-state index in [2.05, 4.69) is 16.2 Å². The SMILES string of the molecule is CCN1C(=O)C(=C/C=C/c2ccccc2)C(=O)N(CC)C1=O.CCN1C(=O)C(=C/C=C/c2ccco2)C(=O)N(CC)C1=O.CCN1C(=O)NC(=O)/C(=C\C=C\c2ccc(F)cc2)C1=O.CN1C(=O)C(=C/C=C/C2CCCCC2)C(=O)N(C)C1=O.O=C1NC(=O)C(=C/C=C/c2ccc(F)cc2)C(=O)N1.[C-]#[N+]c1cccc(/C=C/C=C2C(=O)N(C)C(=O)N(C)C2=O)c1. The largest absolute Gasteiger partial charge is 0.465 e. The summed E-state index contributed by atoms with van der Waals surface area (Å²) in [6, 6.07) is 27.5. The number of imide groups is 12. The van der Waals surface area contributed by atoms with Crippen LogP contribution in [0.15, 0.2) is 238 Å². The zero-order chi connectivity index (χ0) is 91.7. The Hall–Kier alpha value is -16.0. The second kappa shape index (κ2) is 46.6. The lowest BCUT2D eigenvalue weighted by molar-refractivity contribution is -0.137. The molecule has 7 aliphatic rings. The van der Waals surface area contributed by atoms with Crippen LogP contribution in [0.4, 0.5) is 43.2 Å². The van der Waals surface area contributed by atoms with Crippen LogP contribution in [-0.2, 0) is 57.5 Å². The van der Waals surface area contributed by atoms with Crippen molar-refractivity contribution < 1.29 is 99.5 Å². The molecule has 0 spiro atoms. The molecule has 646 valence electrons. The van der Waals surface area contributed by atoms with Crippen molar-refractivity contribution in [1.82, 2.24) is 60.0 Å². The van der Waals surface area contributed by atoms with E-state index in [1.807, 2.05) is 41.0 Å². The molecule has 5 aromatic rings. The van der Waals surface area contributed by atoms with Gasteiger partial charge in [0.1, 0.15) is 50.8 Å². The summed E-state index contributed by atoms with van der Waals surface area (Å²) in [4.78, 5) is 224. The summed E-state index contributed by atoms with van der Waals surface area (Å²) < 4.78 is 30.5. The number of carbonyl (C=O) groups is 18. The van der Waals surface area contributed by atoms with E-state index in [9.17, 15) is 95.1 Å². The molecular formula is C91H89F2N13O19. The number of rotatable bonds is 17. The lowest BCUT2D eigenvalue weighted by Crippen LogP contribution is -2.56. The molecule has 24 amide bonds. The van der Waals surface area contributed by atoms with Crippen LogP contribution in [0.2, 0.25) is 0 Å². The molecule has 0 unspecified atom stereocenters. The Morgan fingerprint density at radius 2 is 0.720 bits per heavy atom. The molecule has 0 bridgehead atoms. The first-order valence-electron chi connectivity index (χ1n) is 39.0. The van der Waals surface area contributed by atoms with E-state index in [4.69, 9.17) is 11.0 Å². The molecule has 7 heterocycles. The molecule has 3 N–H and O–H groups in total. The van der Waals surface area contributed by atoms with Crippen LogP contribution < -0.4 is 16.0 Å². The summed E-state index contributed by atoms with van der Waals surface area (Å²) in [6.07, 6.45) is 35.9. The van der Waals surface area contributed by atoms with E-state index in [1.54, 1.807) is 150 Å². The molecule has 6 saturated heterocycles. The fourth-order valence-corrected chi connectivity index (χ4v) is 12.1. The predicted molar refractivity (Wildman–Crippen MR) is 455 cm³/mol. The monoisotopic (exact) mass is 1710 g/mol. The number of halogens is 2. The molecule has 1 aliphatic carbocycles. The van der Waals surface area contributed by atoms with Gasteiger partial charge in [-0.25, -0.2) is 42.4 Å². The number of nitrogens with zero attached hydrogens (tertiary/aromatic N) is 10. The molecule has 1 saturated carbocycles. The highest BCUT2D eigenvalue weighted by molar-refractivity contribution is 6.32. The Labute approximate surface area is 717 Å². The Balaban J connectivity index is 0.000000206. The Morgan fingerprint density at radius 3 is 1.12 bits per heavy atom. The summed E-state index contributed by atoms with van der Waals surface area (Å²) in [5, 5.41) is 6.00. The number of likely N-dealkylation sites (N-methyl/N-ethyl adjacent to an activating group) is 9. The maximum Gasteiger partial charge on any atom is 0.333 e. The number of hydrogen-bond acceptors (Lipinski definition) is 19. The third-order valence-corrected chi connectivity index (χ3v) is 18.9. The van der Waals surface area contributed by atoms with E-state index in [0.29, 0.717) is 22.9 Å². The van der Waals surface area contributed by atoms with Crippen molar-refractivity contribution in [2.24, 2.45) is 5.92 Å². The standard InChI is InChI=1S/C17H18N2O3.C16H13N3O3.C15H13FN2O3.C15H16N2O4.C15H20N2O3.C13H9FN2O3/c1-3-18-15(20)14(16(21)19(4-2)17(18)22)12-8-11-13-9-6-5-7-10-13;1-17-12-8-4-6-11(10-12)7-5-9-13-14(20)18(2)16(22)19(3)15(13)21;1-2-18-14(20)12(13(19)17-15(18)21)5-3-4-10-6-8-11(16)9-7-10;1-3-16-13(18)12(14(19)17(4-2)15(16)20)9-5-7-11-8-6-10-21-11;1-16-13(18)12(14(19)17(2)15(16)20)10-6-9-11-7-4-3-5-8-11;14-9-6-4-8(5-7-9)2-1-3-10-11(17)15-13(19)16-12(10)18/h5-12H,3-4H2,1-2H3;4-10H,2-3H3;3-9H,2H2,1H3,(H,17,19,21);5-10H,3-4H2,1-2H3;6,9-11H,3-5,7-8H2,1-2H3;1-7H,(H2,15,16,17,18,19)/b11-8+;7-5+;4-3+,12-5+;7-5+;9-6+;2-1+. The molecule has 32 nitrogen and oxygen atoms in total. The van der Waals surface area contributed by atoms with Crippen molar-refractivity contribution in [2.75, 3.05) is 60.9 Å². The first-order chi connectivity index (χ1) is 59.7. The first kappa shape index (κ1) is 96.2. The van der Waals surface area contributed by atoms with E-state index in [1.165, 1.54) is 139 Å². The van der Waals surface area contributed by atoms with Crippen LogP contribution in [0, 0.1) is 24.1 Å². The van der Waals surface area contributed by atoms with Crippen LogP contribution in [0.3, 0.4) is 0 Å². The summed E-state index contributed by atoms with van der Waals surface area (Å²) >= 11 is 0. The first-order valence-corrected chi connectivity index (χ1v) is 39.0. The molecule has 12 rings (SSSR count). The summed E-state index contributed by atoms with van der Waals surface area (Å²) in [5.41, 5.74) is 3.34. The van der Waals surface area contributed by atoms with Crippen molar-refractivity contribution >= 4 is 143 Å². The van der Waals surface area contributed by atoms with Crippen molar-refractivity contribution in [1.29, 1.82) is 0 Å². The number of urea groups is 6. The molecular weight excluding hydrogens is 1620 g/mol. The number of furan rings is 1. The van der Waals surface area contributed by atoms with Gasteiger partial charge in [-0.15, -0.1) is 0 Å². The number of amides is 24. The van der Waals surface area contributed by atoms with E-state index >= 15 is 0 Å². The number of allylic oxidation sites excluding steroid dienone is 13. The number of benzene rings is 4. The highest BCUT2D eigenvalue weighted by Crippen LogP contribution is 2.27. The molecule has 0 radical (unpaired) electrons. The quantitative estimate of drug-likeness (QED) is 0.0442. The third kappa shape index (κ3) is 25.8. The molecule has 4 aromatic carbocycles. The third-order valence-electron chi connectivity index (χ3n) is 18.9. The highest BCUT2D eigenvalue weighted by atomic mass is 19.1. The summed E-state index contributed by atoms with van der Waals surface area (Å²) in [7, 11) is 5.41. The highest BCUT2D eigenvalue weighted by Gasteiger charge is 2.43. The van der Waals surface area contributed by atoms with Gasteiger partial charge in [-0.05, 0) is 161 Å². The Kier molecular flexibility index (Phi) is 35.8. The second-order valence-electron chi connectivity index (χ2n) is 27.1.